The molecule has 0 rings (SSSR count). The Morgan fingerprint density at radius 1 is 0.941 bits per heavy atom. The molecule has 0 bridgehead atoms. The second-order valence-corrected chi connectivity index (χ2v) is 4.62. The van der Waals surface area contributed by atoms with Gasteiger partial charge in [-0.3, -0.25) is 0 Å². The number of carbonyl (C=O) groups excluding carboxylic acids is 1. The van der Waals surface area contributed by atoms with Crippen LogP contribution in [0.25, 0.3) is 0 Å². The summed E-state index contributed by atoms with van der Waals surface area (Å²) in [6.45, 7) is 15.7. The smallest absolute Gasteiger partial charge is 0.0786 e. The number of unbranched alkanes of at least 4 members (excludes halogenated alkanes) is 2. The standard InChI is InChI=1S/C12H28N.C2H4O2/c1-5-9-11-13(7-3,8-4)12-10-6-2;1-2(3)4/h5-12H2,1-4H3;1H3,(H,3,4)/q+1;/p-1. The van der Waals surface area contributed by atoms with Crippen LogP contribution in [0.2, 0.25) is 0 Å². The van der Waals surface area contributed by atoms with Crippen LogP contribution in [0.4, 0.5) is 0 Å². The predicted octanol–water partition coefficient (Wildman–Crippen LogP) is 2.20. The van der Waals surface area contributed by atoms with Gasteiger partial charge >= 0.3 is 0 Å². The number of rotatable bonds is 8. The van der Waals surface area contributed by atoms with Gasteiger partial charge in [0.15, 0.2) is 0 Å². The molecule has 0 heterocycles. The second kappa shape index (κ2) is 11.9. The summed E-state index contributed by atoms with van der Waals surface area (Å²) in [7, 11) is 0. The van der Waals surface area contributed by atoms with Crippen LogP contribution in [0.15, 0.2) is 0 Å². The van der Waals surface area contributed by atoms with E-state index in [4.69, 9.17) is 9.90 Å². The van der Waals surface area contributed by atoms with Gasteiger partial charge in [-0.15, -0.1) is 0 Å². The summed E-state index contributed by atoms with van der Waals surface area (Å²) in [4.78, 5) is 8.89. The molecule has 0 amide bonds. The van der Waals surface area contributed by atoms with Crippen molar-refractivity contribution in [1.82, 2.24) is 0 Å². The van der Waals surface area contributed by atoms with E-state index in [0.29, 0.717) is 0 Å². The van der Waals surface area contributed by atoms with Crippen molar-refractivity contribution in [2.75, 3.05) is 26.2 Å². The number of carboxylic acid groups (broad SMARTS) is 1. The Balaban J connectivity index is 0. The van der Waals surface area contributed by atoms with Gasteiger partial charge in [0, 0.05) is 5.97 Å². The minimum Gasteiger partial charge on any atom is -0.550 e. The van der Waals surface area contributed by atoms with Gasteiger partial charge in [0.2, 0.25) is 0 Å². The van der Waals surface area contributed by atoms with Crippen LogP contribution >= 0.6 is 0 Å². The van der Waals surface area contributed by atoms with Crippen LogP contribution in [-0.4, -0.2) is 36.6 Å². The molecular weight excluding hydrogens is 214 g/mol. The van der Waals surface area contributed by atoms with Crippen molar-refractivity contribution in [3.05, 3.63) is 0 Å². The molecule has 0 aromatic carbocycles. The average molecular weight is 245 g/mol. The van der Waals surface area contributed by atoms with Gasteiger partial charge in [-0.25, -0.2) is 0 Å². The first kappa shape index (κ1) is 18.8. The quantitative estimate of drug-likeness (QED) is 0.615. The molecule has 17 heavy (non-hydrogen) atoms. The van der Waals surface area contributed by atoms with E-state index in [1.807, 2.05) is 0 Å². The molecule has 0 aliphatic rings. The highest BCUT2D eigenvalue weighted by atomic mass is 16.4. The number of hydrogen-bond donors (Lipinski definition) is 0. The maximum Gasteiger partial charge on any atom is 0.0786 e. The van der Waals surface area contributed by atoms with Crippen molar-refractivity contribution in [3.8, 4) is 0 Å². The fraction of sp³-hybridized carbons (Fsp3) is 0.929. The molecule has 0 radical (unpaired) electrons. The zero-order valence-electron chi connectivity index (χ0n) is 12.4. The van der Waals surface area contributed by atoms with E-state index in [0.717, 1.165) is 6.92 Å². The van der Waals surface area contributed by atoms with Gasteiger partial charge in [0.05, 0.1) is 26.2 Å². The average Bonchev–Trinajstić information content (AvgIpc) is 2.30. The number of hydrogen-bond acceptors (Lipinski definition) is 2. The zero-order chi connectivity index (χ0) is 13.7. The number of quaternary nitrogens is 1. The van der Waals surface area contributed by atoms with E-state index in [1.54, 1.807) is 0 Å². The van der Waals surface area contributed by atoms with Gasteiger partial charge in [0.1, 0.15) is 0 Å². The molecule has 0 spiro atoms. The van der Waals surface area contributed by atoms with Crippen molar-refractivity contribution in [2.24, 2.45) is 0 Å². The van der Waals surface area contributed by atoms with E-state index < -0.39 is 5.97 Å². The highest BCUT2D eigenvalue weighted by molar-refractivity contribution is 5.60. The molecule has 0 aromatic rings. The Hall–Kier alpha value is -0.570. The first-order valence-electron chi connectivity index (χ1n) is 7.00. The normalized spacial score (nSPS) is 10.6. The lowest BCUT2D eigenvalue weighted by molar-refractivity contribution is -0.925. The monoisotopic (exact) mass is 245 g/mol. The third-order valence-electron chi connectivity index (χ3n) is 3.31. The van der Waals surface area contributed by atoms with Crippen LogP contribution in [0.3, 0.4) is 0 Å². The second-order valence-electron chi connectivity index (χ2n) is 4.62. The molecule has 0 fully saturated rings. The van der Waals surface area contributed by atoms with Crippen molar-refractivity contribution < 1.29 is 14.4 Å². The van der Waals surface area contributed by atoms with Crippen LogP contribution in [0, 0.1) is 0 Å². The summed E-state index contributed by atoms with van der Waals surface area (Å²) in [6, 6.07) is 0. The molecule has 0 aliphatic heterocycles. The van der Waals surface area contributed by atoms with Gasteiger partial charge in [-0.2, -0.15) is 0 Å². The maximum absolute atomic E-state index is 8.89. The van der Waals surface area contributed by atoms with Crippen molar-refractivity contribution in [1.29, 1.82) is 0 Å². The largest absolute Gasteiger partial charge is 0.550 e. The molecule has 0 unspecified atom stereocenters. The minimum atomic E-state index is -1.08. The Kier molecular flexibility index (Phi) is 13.2. The Morgan fingerprint density at radius 3 is 1.41 bits per heavy atom. The molecule has 3 nitrogen and oxygen atoms in total. The summed E-state index contributed by atoms with van der Waals surface area (Å²) in [5.41, 5.74) is 0. The number of carboxylic acids is 1. The van der Waals surface area contributed by atoms with Gasteiger partial charge in [-0.05, 0) is 33.6 Å². The number of carbonyl (C=O) groups is 1. The molecule has 0 atom stereocenters. The van der Waals surface area contributed by atoms with E-state index in [2.05, 4.69) is 27.7 Å². The summed E-state index contributed by atoms with van der Waals surface area (Å²) in [5.74, 6) is -1.08. The fourth-order valence-electron chi connectivity index (χ4n) is 1.95. The van der Waals surface area contributed by atoms with Gasteiger partial charge in [0.25, 0.3) is 0 Å². The molecule has 0 aromatic heterocycles. The topological polar surface area (TPSA) is 40.1 Å². The molecular formula is C14H31NO2. The van der Waals surface area contributed by atoms with Gasteiger partial charge < -0.3 is 14.4 Å². The first-order chi connectivity index (χ1) is 7.97. The Bertz CT molecular complexity index is 163. The van der Waals surface area contributed by atoms with Crippen molar-refractivity contribution >= 4 is 5.97 Å². The van der Waals surface area contributed by atoms with Crippen LogP contribution in [0.5, 0.6) is 0 Å². The van der Waals surface area contributed by atoms with E-state index in [1.165, 1.54) is 56.3 Å². The summed E-state index contributed by atoms with van der Waals surface area (Å²) in [6.07, 6.45) is 5.47. The predicted molar refractivity (Wildman–Crippen MR) is 71.6 cm³/mol. The molecule has 3 heteroatoms. The molecule has 104 valence electrons. The lowest BCUT2D eigenvalue weighted by atomic mass is 10.2. The molecule has 0 saturated carbocycles. The summed E-state index contributed by atoms with van der Waals surface area (Å²) < 4.78 is 1.35. The Morgan fingerprint density at radius 2 is 1.24 bits per heavy atom. The zero-order valence-corrected chi connectivity index (χ0v) is 12.4. The summed E-state index contributed by atoms with van der Waals surface area (Å²) in [5, 5.41) is 8.89. The van der Waals surface area contributed by atoms with E-state index in [-0.39, 0.29) is 0 Å². The fourth-order valence-corrected chi connectivity index (χ4v) is 1.95. The van der Waals surface area contributed by atoms with Crippen molar-refractivity contribution in [2.45, 2.75) is 60.3 Å². The van der Waals surface area contributed by atoms with Gasteiger partial charge in [-0.1, -0.05) is 26.7 Å². The highest BCUT2D eigenvalue weighted by Gasteiger charge is 2.20. The SMILES string of the molecule is CC(=O)[O-].CCCC[N+](CC)(CC)CCCC. The molecule has 0 N–H and O–H groups in total. The third-order valence-corrected chi connectivity index (χ3v) is 3.31. The molecule has 0 aliphatic carbocycles. The highest BCUT2D eigenvalue weighted by Crippen LogP contribution is 2.11. The van der Waals surface area contributed by atoms with Crippen molar-refractivity contribution in [3.63, 3.8) is 0 Å². The minimum absolute atomic E-state index is 0.972. The number of nitrogens with zero attached hydrogens (tertiary/aromatic N) is 1. The maximum atomic E-state index is 8.89. The Labute approximate surface area is 107 Å². The van der Waals surface area contributed by atoms with Crippen LogP contribution < -0.4 is 5.11 Å². The summed E-state index contributed by atoms with van der Waals surface area (Å²) >= 11 is 0. The van der Waals surface area contributed by atoms with E-state index >= 15 is 0 Å². The van der Waals surface area contributed by atoms with Crippen LogP contribution in [0.1, 0.15) is 60.3 Å². The third kappa shape index (κ3) is 11.7. The van der Waals surface area contributed by atoms with Crippen LogP contribution in [-0.2, 0) is 4.79 Å². The van der Waals surface area contributed by atoms with E-state index in [9.17, 15) is 0 Å². The number of aliphatic carboxylic acids is 1. The lowest BCUT2D eigenvalue weighted by Gasteiger charge is -2.37. The first-order valence-corrected chi connectivity index (χ1v) is 7.00. The molecule has 0 saturated heterocycles. The lowest BCUT2D eigenvalue weighted by Crippen LogP contribution is -2.49.